The predicted molar refractivity (Wildman–Crippen MR) is 113 cm³/mol. The Morgan fingerprint density at radius 3 is 2.28 bits per heavy atom. The maximum absolute atomic E-state index is 12.9. The summed E-state index contributed by atoms with van der Waals surface area (Å²) in [6, 6.07) is 7.74. The van der Waals surface area contributed by atoms with Gasteiger partial charge in [-0.1, -0.05) is 17.7 Å². The lowest BCUT2D eigenvalue weighted by atomic mass is 10.1. The normalized spacial score (nSPS) is 13.9. The van der Waals surface area contributed by atoms with E-state index in [1.165, 1.54) is 5.56 Å². The number of piperazine rings is 1. The van der Waals surface area contributed by atoms with Crippen LogP contribution in [0.25, 0.3) is 0 Å². The van der Waals surface area contributed by atoms with Crippen molar-refractivity contribution >= 4 is 23.5 Å². The van der Waals surface area contributed by atoms with Crippen molar-refractivity contribution in [1.82, 2.24) is 14.8 Å². The van der Waals surface area contributed by atoms with Gasteiger partial charge in [0.1, 0.15) is 5.82 Å². The highest BCUT2D eigenvalue weighted by Crippen LogP contribution is 2.25. The summed E-state index contributed by atoms with van der Waals surface area (Å²) in [7, 11) is 0. The molecule has 29 heavy (non-hydrogen) atoms. The fourth-order valence-electron chi connectivity index (χ4n) is 3.63. The second-order valence-corrected chi connectivity index (χ2v) is 7.31. The minimum absolute atomic E-state index is 0.0590. The van der Waals surface area contributed by atoms with Gasteiger partial charge in [-0.2, -0.15) is 0 Å². The molecule has 0 unspecified atom stereocenters. The summed E-state index contributed by atoms with van der Waals surface area (Å²) >= 11 is 0. The molecule has 154 valence electrons. The van der Waals surface area contributed by atoms with Gasteiger partial charge in [-0.3, -0.25) is 4.79 Å². The number of benzene rings is 1. The largest absolute Gasteiger partial charge is 0.450 e. The van der Waals surface area contributed by atoms with E-state index in [9.17, 15) is 9.59 Å². The SMILES string of the molecule is CCOC(=O)N1CCN(C(=O)c2ccnc(Nc3c(C)cc(C)cc3C)c2)CC1. The highest BCUT2D eigenvalue weighted by atomic mass is 16.6. The van der Waals surface area contributed by atoms with E-state index in [0.29, 0.717) is 44.2 Å². The fourth-order valence-corrected chi connectivity index (χ4v) is 3.63. The van der Waals surface area contributed by atoms with Crippen LogP contribution in [0.5, 0.6) is 0 Å². The smallest absolute Gasteiger partial charge is 0.409 e. The number of aryl methyl sites for hydroxylation is 3. The zero-order chi connectivity index (χ0) is 21.0. The Labute approximate surface area is 171 Å². The van der Waals surface area contributed by atoms with Gasteiger partial charge in [0, 0.05) is 43.6 Å². The van der Waals surface area contributed by atoms with Crippen LogP contribution in [0.2, 0.25) is 0 Å². The lowest BCUT2D eigenvalue weighted by molar-refractivity contribution is 0.0570. The van der Waals surface area contributed by atoms with Gasteiger partial charge in [0.05, 0.1) is 6.61 Å². The minimum Gasteiger partial charge on any atom is -0.450 e. The molecule has 1 N–H and O–H groups in total. The number of nitrogens with zero attached hydrogens (tertiary/aromatic N) is 3. The van der Waals surface area contributed by atoms with Gasteiger partial charge in [0.2, 0.25) is 0 Å². The quantitative estimate of drug-likeness (QED) is 0.854. The van der Waals surface area contributed by atoms with E-state index in [0.717, 1.165) is 16.8 Å². The van der Waals surface area contributed by atoms with Crippen molar-refractivity contribution in [1.29, 1.82) is 0 Å². The number of aromatic nitrogens is 1. The molecule has 3 rings (SSSR count). The van der Waals surface area contributed by atoms with E-state index in [1.807, 2.05) is 0 Å². The maximum Gasteiger partial charge on any atom is 0.409 e. The van der Waals surface area contributed by atoms with Crippen LogP contribution in [-0.2, 0) is 4.74 Å². The van der Waals surface area contributed by atoms with E-state index in [4.69, 9.17) is 4.74 Å². The average molecular weight is 396 g/mol. The molecule has 0 spiro atoms. The second kappa shape index (κ2) is 8.94. The number of hydrogen-bond acceptors (Lipinski definition) is 5. The number of ether oxygens (including phenoxy) is 1. The molecule has 7 heteroatoms. The van der Waals surface area contributed by atoms with Gasteiger partial charge in [0.15, 0.2) is 0 Å². The van der Waals surface area contributed by atoms with Crippen molar-refractivity contribution in [2.75, 3.05) is 38.1 Å². The molecule has 0 saturated carbocycles. The molecule has 2 aromatic rings. The van der Waals surface area contributed by atoms with Gasteiger partial charge in [-0.05, 0) is 51.0 Å². The zero-order valence-electron chi connectivity index (χ0n) is 17.5. The Hall–Kier alpha value is -3.09. The number of rotatable bonds is 4. The van der Waals surface area contributed by atoms with Crippen LogP contribution in [0.3, 0.4) is 0 Å². The van der Waals surface area contributed by atoms with E-state index >= 15 is 0 Å². The summed E-state index contributed by atoms with van der Waals surface area (Å²) in [6.07, 6.45) is 1.32. The second-order valence-electron chi connectivity index (χ2n) is 7.31. The lowest BCUT2D eigenvalue weighted by Gasteiger charge is -2.34. The van der Waals surface area contributed by atoms with Crippen LogP contribution in [0, 0.1) is 20.8 Å². The molecular formula is C22H28N4O3. The Morgan fingerprint density at radius 2 is 1.66 bits per heavy atom. The number of carbonyl (C=O) groups excluding carboxylic acids is 2. The molecule has 1 aromatic heterocycles. The zero-order valence-corrected chi connectivity index (χ0v) is 17.5. The first-order chi connectivity index (χ1) is 13.9. The summed E-state index contributed by atoms with van der Waals surface area (Å²) in [4.78, 5) is 32.5. The summed E-state index contributed by atoms with van der Waals surface area (Å²) in [5.41, 5.74) is 5.07. The molecule has 2 heterocycles. The lowest BCUT2D eigenvalue weighted by Crippen LogP contribution is -2.50. The number of anilines is 2. The Bertz CT molecular complexity index is 882. The van der Waals surface area contributed by atoms with Crippen molar-refractivity contribution in [3.8, 4) is 0 Å². The topological polar surface area (TPSA) is 74.8 Å². The van der Waals surface area contributed by atoms with E-state index in [2.05, 4.69) is 43.2 Å². The van der Waals surface area contributed by atoms with Crippen molar-refractivity contribution < 1.29 is 14.3 Å². The number of pyridine rings is 1. The monoisotopic (exact) mass is 396 g/mol. The molecule has 1 saturated heterocycles. The molecule has 0 bridgehead atoms. The molecule has 0 radical (unpaired) electrons. The maximum atomic E-state index is 12.9. The Morgan fingerprint density at radius 1 is 1.03 bits per heavy atom. The summed E-state index contributed by atoms with van der Waals surface area (Å²) < 4.78 is 5.03. The molecular weight excluding hydrogens is 368 g/mol. The third kappa shape index (κ3) is 4.85. The van der Waals surface area contributed by atoms with Crippen molar-refractivity contribution in [2.45, 2.75) is 27.7 Å². The average Bonchev–Trinajstić information content (AvgIpc) is 2.70. The van der Waals surface area contributed by atoms with Crippen LogP contribution >= 0.6 is 0 Å². The third-order valence-corrected chi connectivity index (χ3v) is 5.03. The highest BCUT2D eigenvalue weighted by Gasteiger charge is 2.25. The predicted octanol–water partition coefficient (Wildman–Crippen LogP) is 3.66. The Balaban J connectivity index is 1.69. The van der Waals surface area contributed by atoms with Crippen LogP contribution < -0.4 is 5.32 Å². The molecule has 1 aromatic carbocycles. The first-order valence-electron chi connectivity index (χ1n) is 9.91. The molecule has 0 aliphatic carbocycles. The summed E-state index contributed by atoms with van der Waals surface area (Å²) in [5.74, 6) is 0.576. The van der Waals surface area contributed by atoms with Crippen LogP contribution in [-0.4, -0.2) is 59.6 Å². The van der Waals surface area contributed by atoms with Gasteiger partial charge in [-0.15, -0.1) is 0 Å². The van der Waals surface area contributed by atoms with E-state index < -0.39 is 0 Å². The van der Waals surface area contributed by atoms with E-state index in [1.54, 1.807) is 35.1 Å². The van der Waals surface area contributed by atoms with Crippen molar-refractivity contribution in [2.24, 2.45) is 0 Å². The first-order valence-corrected chi connectivity index (χ1v) is 9.91. The van der Waals surface area contributed by atoms with Crippen LogP contribution in [0.15, 0.2) is 30.5 Å². The minimum atomic E-state index is -0.321. The van der Waals surface area contributed by atoms with Gasteiger partial charge in [0.25, 0.3) is 5.91 Å². The fraction of sp³-hybridized carbons (Fsp3) is 0.409. The molecule has 1 aliphatic heterocycles. The molecule has 1 aliphatic rings. The molecule has 2 amide bonds. The number of carbonyl (C=O) groups is 2. The number of hydrogen-bond donors (Lipinski definition) is 1. The van der Waals surface area contributed by atoms with Crippen molar-refractivity contribution in [3.63, 3.8) is 0 Å². The highest BCUT2D eigenvalue weighted by molar-refractivity contribution is 5.95. The number of nitrogens with one attached hydrogen (secondary N) is 1. The van der Waals surface area contributed by atoms with Crippen LogP contribution in [0.4, 0.5) is 16.3 Å². The summed E-state index contributed by atoms with van der Waals surface area (Å²) in [6.45, 7) is 10.2. The van der Waals surface area contributed by atoms with Gasteiger partial charge < -0.3 is 19.9 Å². The first kappa shape index (κ1) is 20.6. The standard InChI is InChI=1S/C22H28N4O3/c1-5-29-22(28)26-10-8-25(9-11-26)21(27)18-6-7-23-19(14-18)24-20-16(3)12-15(2)13-17(20)4/h6-7,12-14H,5,8-11H2,1-4H3,(H,23,24). The Kier molecular flexibility index (Phi) is 6.36. The van der Waals surface area contributed by atoms with Crippen LogP contribution in [0.1, 0.15) is 34.0 Å². The summed E-state index contributed by atoms with van der Waals surface area (Å²) in [5, 5.41) is 3.35. The van der Waals surface area contributed by atoms with Gasteiger partial charge in [-0.25, -0.2) is 9.78 Å². The third-order valence-electron chi connectivity index (χ3n) is 5.03. The molecule has 7 nitrogen and oxygen atoms in total. The number of amides is 2. The molecule has 0 atom stereocenters. The van der Waals surface area contributed by atoms with Gasteiger partial charge >= 0.3 is 6.09 Å². The van der Waals surface area contributed by atoms with E-state index in [-0.39, 0.29) is 12.0 Å². The molecule has 1 fully saturated rings. The van der Waals surface area contributed by atoms with Crippen molar-refractivity contribution in [3.05, 3.63) is 52.7 Å².